The summed E-state index contributed by atoms with van der Waals surface area (Å²) in [5, 5.41) is -0.419. The summed E-state index contributed by atoms with van der Waals surface area (Å²) in [6, 6.07) is 2.02. The van der Waals surface area contributed by atoms with E-state index in [0.717, 1.165) is 6.07 Å². The van der Waals surface area contributed by atoms with Crippen molar-refractivity contribution < 1.29 is 17.2 Å². The van der Waals surface area contributed by atoms with Gasteiger partial charge >= 0.3 is 0 Å². The Morgan fingerprint density at radius 2 is 2.00 bits per heavy atom. The summed E-state index contributed by atoms with van der Waals surface area (Å²) in [4.78, 5) is 0. The van der Waals surface area contributed by atoms with E-state index < -0.39 is 26.9 Å². The lowest BCUT2D eigenvalue weighted by molar-refractivity contribution is 0.500. The van der Waals surface area contributed by atoms with Crippen molar-refractivity contribution in [3.8, 4) is 0 Å². The summed E-state index contributed by atoms with van der Waals surface area (Å²) in [6.07, 6.45) is 1.20. The molecule has 0 saturated heterocycles. The van der Waals surface area contributed by atoms with E-state index in [9.17, 15) is 17.2 Å². The molecule has 3 N–H and O–H groups in total. The lowest BCUT2D eigenvalue weighted by atomic mass is 10.2. The van der Waals surface area contributed by atoms with Gasteiger partial charge in [0, 0.05) is 18.2 Å². The molecule has 0 heterocycles. The first-order valence-corrected chi connectivity index (χ1v) is 6.68. The molecule has 2 rings (SSSR count). The van der Waals surface area contributed by atoms with E-state index in [-0.39, 0.29) is 17.8 Å². The standard InChI is InChI=1S/C10H12F2N2O2S/c11-9-4-7(3-6(5-13)10(9)12)14-17(15,16)8-1-2-8/h3-4,8,14H,1-2,5,13H2. The Hall–Kier alpha value is -1.21. The molecular formula is C10H12F2N2O2S. The van der Waals surface area contributed by atoms with Crippen LogP contribution < -0.4 is 10.5 Å². The molecule has 0 aliphatic heterocycles. The topological polar surface area (TPSA) is 72.2 Å². The number of sulfonamides is 1. The zero-order valence-corrected chi connectivity index (χ0v) is 9.73. The Labute approximate surface area is 97.9 Å². The normalized spacial score (nSPS) is 15.9. The fraction of sp³-hybridized carbons (Fsp3) is 0.400. The molecule has 7 heteroatoms. The SMILES string of the molecule is NCc1cc(NS(=O)(=O)C2CC2)cc(F)c1F. The second-order valence-electron chi connectivity index (χ2n) is 3.98. The van der Waals surface area contributed by atoms with Gasteiger partial charge in [0.25, 0.3) is 0 Å². The first-order chi connectivity index (χ1) is 7.94. The van der Waals surface area contributed by atoms with Gasteiger partial charge in [0.15, 0.2) is 11.6 Å². The maximum Gasteiger partial charge on any atom is 0.235 e. The van der Waals surface area contributed by atoms with Crippen LogP contribution in [-0.2, 0) is 16.6 Å². The Balaban J connectivity index is 2.30. The number of hydrogen-bond acceptors (Lipinski definition) is 3. The lowest BCUT2D eigenvalue weighted by Gasteiger charge is -2.09. The zero-order chi connectivity index (χ0) is 12.6. The molecule has 1 aliphatic rings. The number of nitrogens with one attached hydrogen (secondary N) is 1. The summed E-state index contributed by atoms with van der Waals surface area (Å²) in [7, 11) is -3.47. The predicted octanol–water partition coefficient (Wildman–Crippen LogP) is 1.33. The van der Waals surface area contributed by atoms with E-state index in [1.54, 1.807) is 0 Å². The minimum Gasteiger partial charge on any atom is -0.326 e. The highest BCUT2D eigenvalue weighted by atomic mass is 32.2. The summed E-state index contributed by atoms with van der Waals surface area (Å²) in [5.74, 6) is -2.15. The van der Waals surface area contributed by atoms with Crippen LogP contribution in [0.3, 0.4) is 0 Å². The van der Waals surface area contributed by atoms with Gasteiger partial charge in [0.05, 0.1) is 10.9 Å². The zero-order valence-electron chi connectivity index (χ0n) is 8.91. The fourth-order valence-corrected chi connectivity index (χ4v) is 2.85. The first kappa shape index (κ1) is 12.3. The van der Waals surface area contributed by atoms with Gasteiger partial charge in [0.2, 0.25) is 10.0 Å². The maximum atomic E-state index is 13.2. The van der Waals surface area contributed by atoms with E-state index in [2.05, 4.69) is 4.72 Å². The van der Waals surface area contributed by atoms with Gasteiger partial charge in [-0.25, -0.2) is 17.2 Å². The van der Waals surface area contributed by atoms with Gasteiger partial charge in [-0.15, -0.1) is 0 Å². The molecule has 94 valence electrons. The third-order valence-electron chi connectivity index (χ3n) is 2.55. The first-order valence-electron chi connectivity index (χ1n) is 5.13. The van der Waals surface area contributed by atoms with Gasteiger partial charge in [-0.2, -0.15) is 0 Å². The van der Waals surface area contributed by atoms with Crippen LogP contribution in [0.2, 0.25) is 0 Å². The molecule has 0 aromatic heterocycles. The van der Waals surface area contributed by atoms with E-state index in [0.29, 0.717) is 12.8 Å². The third kappa shape index (κ3) is 2.55. The van der Waals surface area contributed by atoms with Crippen LogP contribution in [0.4, 0.5) is 14.5 Å². The Morgan fingerprint density at radius 1 is 1.35 bits per heavy atom. The minimum atomic E-state index is -3.47. The molecule has 1 fully saturated rings. The summed E-state index contributed by atoms with van der Waals surface area (Å²) in [5.41, 5.74) is 5.19. The highest BCUT2D eigenvalue weighted by molar-refractivity contribution is 7.93. The van der Waals surface area contributed by atoms with Crippen LogP contribution in [0.15, 0.2) is 12.1 Å². The molecule has 1 saturated carbocycles. The van der Waals surface area contributed by atoms with Crippen LogP contribution in [0.5, 0.6) is 0 Å². The van der Waals surface area contributed by atoms with Gasteiger partial charge in [-0.3, -0.25) is 4.72 Å². The van der Waals surface area contributed by atoms with Crippen molar-refractivity contribution in [2.24, 2.45) is 5.73 Å². The molecule has 0 atom stereocenters. The number of nitrogens with two attached hydrogens (primary N) is 1. The molecule has 17 heavy (non-hydrogen) atoms. The number of anilines is 1. The van der Waals surface area contributed by atoms with E-state index in [1.165, 1.54) is 6.07 Å². The van der Waals surface area contributed by atoms with E-state index in [1.807, 2.05) is 0 Å². The van der Waals surface area contributed by atoms with Crippen molar-refractivity contribution in [3.63, 3.8) is 0 Å². The van der Waals surface area contributed by atoms with Crippen molar-refractivity contribution >= 4 is 15.7 Å². The van der Waals surface area contributed by atoms with Crippen molar-refractivity contribution in [1.82, 2.24) is 0 Å². The van der Waals surface area contributed by atoms with Crippen molar-refractivity contribution in [1.29, 1.82) is 0 Å². The van der Waals surface area contributed by atoms with Gasteiger partial charge < -0.3 is 5.73 Å². The van der Waals surface area contributed by atoms with Crippen molar-refractivity contribution in [2.75, 3.05) is 4.72 Å². The average molecular weight is 262 g/mol. The Bertz CT molecular complexity index is 541. The molecule has 1 aromatic rings. The van der Waals surface area contributed by atoms with Gasteiger partial charge in [-0.1, -0.05) is 0 Å². The van der Waals surface area contributed by atoms with Crippen LogP contribution in [0.1, 0.15) is 18.4 Å². The second kappa shape index (κ2) is 4.23. The predicted molar refractivity (Wildman–Crippen MR) is 59.8 cm³/mol. The Kier molecular flexibility index (Phi) is 3.05. The summed E-state index contributed by atoms with van der Waals surface area (Å²) >= 11 is 0. The molecule has 0 radical (unpaired) electrons. The van der Waals surface area contributed by atoms with Crippen LogP contribution >= 0.6 is 0 Å². The third-order valence-corrected chi connectivity index (χ3v) is 4.42. The largest absolute Gasteiger partial charge is 0.326 e. The number of halogens is 2. The maximum absolute atomic E-state index is 13.2. The second-order valence-corrected chi connectivity index (χ2v) is 5.94. The molecule has 0 spiro atoms. The fourth-order valence-electron chi connectivity index (χ4n) is 1.48. The smallest absolute Gasteiger partial charge is 0.235 e. The molecule has 1 aromatic carbocycles. The monoisotopic (exact) mass is 262 g/mol. The van der Waals surface area contributed by atoms with E-state index in [4.69, 9.17) is 5.73 Å². The molecule has 0 amide bonds. The molecule has 1 aliphatic carbocycles. The lowest BCUT2D eigenvalue weighted by Crippen LogP contribution is -2.18. The van der Waals surface area contributed by atoms with Crippen molar-refractivity contribution in [2.45, 2.75) is 24.6 Å². The number of rotatable bonds is 4. The molecule has 0 bridgehead atoms. The quantitative estimate of drug-likeness (QED) is 0.859. The van der Waals surface area contributed by atoms with Crippen LogP contribution in [0.25, 0.3) is 0 Å². The Morgan fingerprint density at radius 3 is 2.53 bits per heavy atom. The van der Waals surface area contributed by atoms with Gasteiger partial charge in [-0.05, 0) is 18.9 Å². The highest BCUT2D eigenvalue weighted by Gasteiger charge is 2.35. The van der Waals surface area contributed by atoms with Gasteiger partial charge in [0.1, 0.15) is 0 Å². The number of benzene rings is 1. The minimum absolute atomic E-state index is 0.0104. The van der Waals surface area contributed by atoms with E-state index >= 15 is 0 Å². The van der Waals surface area contributed by atoms with Crippen LogP contribution in [-0.4, -0.2) is 13.7 Å². The summed E-state index contributed by atoms with van der Waals surface area (Å²) < 4.78 is 51.7. The molecular weight excluding hydrogens is 250 g/mol. The molecule has 0 unspecified atom stereocenters. The average Bonchev–Trinajstić information content (AvgIpc) is 3.06. The van der Waals surface area contributed by atoms with Crippen LogP contribution in [0, 0.1) is 11.6 Å². The highest BCUT2D eigenvalue weighted by Crippen LogP contribution is 2.30. The number of hydrogen-bond donors (Lipinski definition) is 2. The molecule has 4 nitrogen and oxygen atoms in total. The van der Waals surface area contributed by atoms with Crippen molar-refractivity contribution in [3.05, 3.63) is 29.3 Å². The summed E-state index contributed by atoms with van der Waals surface area (Å²) in [6.45, 7) is -0.193.